The highest BCUT2D eigenvalue weighted by molar-refractivity contribution is 8.00. The summed E-state index contributed by atoms with van der Waals surface area (Å²) in [7, 11) is 1.96. The smallest absolute Gasteiger partial charge is 0.231 e. The van der Waals surface area contributed by atoms with Crippen molar-refractivity contribution in [3.63, 3.8) is 0 Å². The number of rotatable bonds is 1. The first-order chi connectivity index (χ1) is 6.20. The minimum atomic E-state index is 0.756. The molecule has 0 fully saturated rings. The third-order valence-corrected chi connectivity index (χ3v) is 3.89. The van der Waals surface area contributed by atoms with Gasteiger partial charge in [0.2, 0.25) is 0 Å². The summed E-state index contributed by atoms with van der Waals surface area (Å²) in [6, 6.07) is 1.95. The van der Waals surface area contributed by atoms with Gasteiger partial charge in [0.25, 0.3) is 4.34 Å². The molecule has 0 radical (unpaired) electrons. The molecule has 0 aliphatic carbocycles. The third kappa shape index (κ3) is 1.66. The topological polar surface area (TPSA) is 16.8 Å². The van der Waals surface area contributed by atoms with E-state index in [0.29, 0.717) is 0 Å². The average molecular weight is 232 g/mol. The van der Waals surface area contributed by atoms with Crippen LogP contribution in [0.5, 0.6) is 0 Å². The first-order valence-corrected chi connectivity index (χ1v) is 6.12. The minimum Gasteiger partial charge on any atom is -0.231 e. The number of hydrogen-bond acceptors (Lipinski definition) is 3. The van der Waals surface area contributed by atoms with Crippen molar-refractivity contribution in [2.75, 3.05) is 6.26 Å². The fraction of sp³-hybridized carbons (Fsp3) is 0.250. The Kier molecular flexibility index (Phi) is 2.45. The molecule has 68 valence electrons. The average Bonchev–Trinajstić information content (AvgIpc) is 2.47. The summed E-state index contributed by atoms with van der Waals surface area (Å²) in [5.41, 5.74) is 0.999. The Bertz CT molecular complexity index is 453. The van der Waals surface area contributed by atoms with Crippen molar-refractivity contribution in [3.8, 4) is 0 Å². The van der Waals surface area contributed by atoms with Gasteiger partial charge in [-0.2, -0.15) is 0 Å². The third-order valence-electron chi connectivity index (χ3n) is 1.71. The maximum absolute atomic E-state index is 5.93. The second kappa shape index (κ2) is 3.44. The molecule has 2 rings (SSSR count). The Morgan fingerprint density at radius 3 is 3.08 bits per heavy atom. The zero-order valence-electron chi connectivity index (χ0n) is 7.24. The number of pyridine rings is 1. The van der Waals surface area contributed by atoms with Crippen molar-refractivity contribution >= 4 is 45.0 Å². The van der Waals surface area contributed by atoms with Gasteiger partial charge in [-0.05, 0) is 17.3 Å². The maximum atomic E-state index is 5.93. The van der Waals surface area contributed by atoms with E-state index in [-0.39, 0.29) is 0 Å². The molecule has 5 heteroatoms. The van der Waals surface area contributed by atoms with Crippen molar-refractivity contribution in [2.24, 2.45) is 7.05 Å². The maximum Gasteiger partial charge on any atom is 0.342 e. The molecule has 0 bridgehead atoms. The fourth-order valence-corrected chi connectivity index (χ4v) is 3.03. The molecule has 0 saturated carbocycles. The number of thiazole rings is 1. The molecule has 0 unspecified atom stereocenters. The molecule has 0 spiro atoms. The van der Waals surface area contributed by atoms with Crippen LogP contribution in [0.3, 0.4) is 0 Å². The van der Waals surface area contributed by atoms with Gasteiger partial charge >= 0.3 is 5.65 Å². The van der Waals surface area contributed by atoms with Crippen LogP contribution in [0.25, 0.3) is 10.3 Å². The van der Waals surface area contributed by atoms with Crippen molar-refractivity contribution in [1.29, 1.82) is 0 Å². The molecule has 0 N–H and O–H groups in total. The number of nitrogens with zero attached hydrogens (tertiary/aromatic N) is 2. The summed E-state index contributed by atoms with van der Waals surface area (Å²) in [5.74, 6) is 0. The summed E-state index contributed by atoms with van der Waals surface area (Å²) >= 11 is 9.26. The highest BCUT2D eigenvalue weighted by Gasteiger charge is 2.14. The van der Waals surface area contributed by atoms with E-state index >= 15 is 0 Å². The van der Waals surface area contributed by atoms with Crippen molar-refractivity contribution in [1.82, 2.24) is 4.98 Å². The quantitative estimate of drug-likeness (QED) is 0.554. The number of hydrogen-bond donors (Lipinski definition) is 0. The number of aromatic nitrogens is 2. The lowest BCUT2D eigenvalue weighted by atomic mass is 10.5. The standard InChI is InChI=1S/C8H8ClN2S2/c1-11-4-5(9)3-6-7(11)10-8(12-2)13-6/h3-4H,1-2H3/q+1. The lowest BCUT2D eigenvalue weighted by Gasteiger charge is -1.90. The first-order valence-electron chi connectivity index (χ1n) is 3.70. The van der Waals surface area contributed by atoms with Crippen molar-refractivity contribution in [3.05, 3.63) is 17.3 Å². The van der Waals surface area contributed by atoms with E-state index in [4.69, 9.17) is 11.6 Å². The molecule has 2 aromatic rings. The van der Waals surface area contributed by atoms with Gasteiger partial charge < -0.3 is 0 Å². The number of halogens is 1. The first kappa shape index (κ1) is 9.24. The van der Waals surface area contributed by atoms with E-state index in [1.54, 1.807) is 23.1 Å². The van der Waals surface area contributed by atoms with E-state index in [2.05, 4.69) is 4.98 Å². The second-order valence-electron chi connectivity index (χ2n) is 2.64. The number of thioether (sulfide) groups is 1. The van der Waals surface area contributed by atoms with Gasteiger partial charge in [-0.25, -0.2) is 4.57 Å². The normalized spacial score (nSPS) is 11.0. The molecular formula is C8H8ClN2S2+. The predicted octanol–water partition coefficient (Wildman–Crippen LogP) is 2.50. The molecule has 0 atom stereocenters. The Hall–Kier alpha value is -0.320. The summed E-state index contributed by atoms with van der Waals surface area (Å²) in [4.78, 5) is 4.46. The second-order valence-corrected chi connectivity index (χ2v) is 5.16. The molecule has 0 saturated heterocycles. The summed E-state index contributed by atoms with van der Waals surface area (Å²) in [6.45, 7) is 0. The zero-order valence-corrected chi connectivity index (χ0v) is 9.63. The van der Waals surface area contributed by atoms with Gasteiger partial charge in [0, 0.05) is 0 Å². The molecule has 0 aromatic carbocycles. The monoisotopic (exact) mass is 231 g/mol. The van der Waals surface area contributed by atoms with E-state index in [1.807, 2.05) is 30.1 Å². The summed E-state index contributed by atoms with van der Waals surface area (Å²) in [5, 5.41) is 0.756. The van der Waals surface area contributed by atoms with Crippen LogP contribution >= 0.6 is 34.7 Å². The Morgan fingerprint density at radius 1 is 1.62 bits per heavy atom. The number of fused-ring (bicyclic) bond motifs is 1. The lowest BCUT2D eigenvalue weighted by molar-refractivity contribution is -0.646. The number of aryl methyl sites for hydroxylation is 1. The van der Waals surface area contributed by atoms with Gasteiger partial charge in [0.15, 0.2) is 0 Å². The zero-order chi connectivity index (χ0) is 9.42. The van der Waals surface area contributed by atoms with Gasteiger partial charge in [-0.3, -0.25) is 0 Å². The molecule has 2 nitrogen and oxygen atoms in total. The minimum absolute atomic E-state index is 0.756. The van der Waals surface area contributed by atoms with E-state index in [0.717, 1.165) is 19.7 Å². The molecule has 13 heavy (non-hydrogen) atoms. The van der Waals surface area contributed by atoms with Crippen LogP contribution in [0.15, 0.2) is 16.6 Å². The summed E-state index contributed by atoms with van der Waals surface area (Å²) < 4.78 is 4.17. The highest BCUT2D eigenvalue weighted by Crippen LogP contribution is 2.27. The Labute approximate surface area is 89.6 Å². The van der Waals surface area contributed by atoms with Gasteiger partial charge in [-0.1, -0.05) is 34.7 Å². The van der Waals surface area contributed by atoms with Crippen LogP contribution in [0.1, 0.15) is 0 Å². The van der Waals surface area contributed by atoms with Gasteiger partial charge in [0.05, 0.1) is 12.1 Å². The Balaban J connectivity index is 2.75. The molecule has 0 aliphatic rings. The largest absolute Gasteiger partial charge is 0.342 e. The summed E-state index contributed by atoms with van der Waals surface area (Å²) in [6.07, 6.45) is 3.90. The van der Waals surface area contributed by atoms with E-state index < -0.39 is 0 Å². The van der Waals surface area contributed by atoms with Crippen LogP contribution in [0.4, 0.5) is 0 Å². The lowest BCUT2D eigenvalue weighted by Crippen LogP contribution is -2.28. The highest BCUT2D eigenvalue weighted by atomic mass is 35.5. The molecule has 2 heterocycles. The van der Waals surface area contributed by atoms with Crippen LogP contribution in [0.2, 0.25) is 5.02 Å². The van der Waals surface area contributed by atoms with E-state index in [1.165, 1.54) is 0 Å². The van der Waals surface area contributed by atoms with Crippen LogP contribution in [0, 0.1) is 0 Å². The Morgan fingerprint density at radius 2 is 2.38 bits per heavy atom. The molecule has 2 aromatic heterocycles. The van der Waals surface area contributed by atoms with E-state index in [9.17, 15) is 0 Å². The SMILES string of the molecule is CSc1nc2c(cc(Cl)c[n+]2C)s1. The van der Waals surface area contributed by atoms with Crippen LogP contribution in [-0.4, -0.2) is 11.2 Å². The van der Waals surface area contributed by atoms with Crippen molar-refractivity contribution in [2.45, 2.75) is 4.34 Å². The van der Waals surface area contributed by atoms with Gasteiger partial charge in [0.1, 0.15) is 10.9 Å². The van der Waals surface area contributed by atoms with Crippen LogP contribution < -0.4 is 4.57 Å². The molecular weight excluding hydrogens is 224 g/mol. The van der Waals surface area contributed by atoms with Crippen molar-refractivity contribution < 1.29 is 4.57 Å². The molecule has 0 aliphatic heterocycles. The predicted molar refractivity (Wildman–Crippen MR) is 57.6 cm³/mol. The molecule has 0 amide bonds. The van der Waals surface area contributed by atoms with Gasteiger partial charge in [-0.15, -0.1) is 0 Å². The van der Waals surface area contributed by atoms with Crippen LogP contribution in [-0.2, 0) is 7.05 Å². The fourth-order valence-electron chi connectivity index (χ4n) is 1.15.